The third kappa shape index (κ3) is 3.64. The molecule has 1 heterocycles. The first-order chi connectivity index (χ1) is 11.8. The van der Waals surface area contributed by atoms with Gasteiger partial charge in [0.15, 0.2) is 5.11 Å². The Morgan fingerprint density at radius 3 is 2.48 bits per heavy atom. The summed E-state index contributed by atoms with van der Waals surface area (Å²) in [6.45, 7) is 3.88. The van der Waals surface area contributed by atoms with E-state index in [1.165, 1.54) is 13.2 Å². The number of hydrogen-bond acceptors (Lipinski definition) is 4. The van der Waals surface area contributed by atoms with Gasteiger partial charge in [-0.1, -0.05) is 6.07 Å². The molecule has 0 amide bonds. The van der Waals surface area contributed by atoms with Gasteiger partial charge in [0.2, 0.25) is 0 Å². The lowest BCUT2D eigenvalue weighted by Gasteiger charge is -2.40. The van der Waals surface area contributed by atoms with Crippen molar-refractivity contribution >= 4 is 23.3 Å². The van der Waals surface area contributed by atoms with Crippen molar-refractivity contribution in [3.05, 3.63) is 46.7 Å². The Balaban J connectivity index is 2.62. The fourth-order valence-corrected chi connectivity index (χ4v) is 3.42. The van der Waals surface area contributed by atoms with E-state index in [2.05, 4.69) is 5.32 Å². The molecule has 1 N–H and O–H groups in total. The number of carbonyl (C=O) groups excluding carboxylic acids is 1. The van der Waals surface area contributed by atoms with Crippen molar-refractivity contribution in [3.8, 4) is 0 Å². The van der Waals surface area contributed by atoms with Crippen LogP contribution in [0.5, 0.6) is 0 Å². The maximum absolute atomic E-state index is 14.3. The van der Waals surface area contributed by atoms with E-state index < -0.39 is 23.6 Å². The molecule has 0 bridgehead atoms. The molecule has 2 rings (SSSR count). The van der Waals surface area contributed by atoms with E-state index in [0.717, 1.165) is 12.1 Å². The zero-order chi connectivity index (χ0) is 18.7. The predicted octanol–water partition coefficient (Wildman–Crippen LogP) is 2.68. The lowest BCUT2D eigenvalue weighted by Crippen LogP contribution is -2.52. The summed E-state index contributed by atoms with van der Waals surface area (Å²) in [6, 6.07) is 2.26. The van der Waals surface area contributed by atoms with Gasteiger partial charge < -0.3 is 19.7 Å². The van der Waals surface area contributed by atoms with Crippen molar-refractivity contribution in [1.29, 1.82) is 0 Å². The van der Waals surface area contributed by atoms with Crippen LogP contribution < -0.4 is 5.32 Å². The van der Waals surface area contributed by atoms with E-state index in [1.54, 1.807) is 18.9 Å². The first kappa shape index (κ1) is 19.3. The molecule has 0 aliphatic carbocycles. The fraction of sp³-hybridized carbons (Fsp3) is 0.412. The Labute approximate surface area is 150 Å². The van der Waals surface area contributed by atoms with E-state index in [4.69, 9.17) is 21.7 Å². The lowest BCUT2D eigenvalue weighted by atomic mass is 9.93. The van der Waals surface area contributed by atoms with Crippen LogP contribution in [0.2, 0.25) is 0 Å². The van der Waals surface area contributed by atoms with Gasteiger partial charge in [-0.05, 0) is 38.2 Å². The minimum Gasteiger partial charge on any atom is -0.466 e. The number of esters is 1. The highest BCUT2D eigenvalue weighted by Crippen LogP contribution is 2.34. The Morgan fingerprint density at radius 2 is 1.96 bits per heavy atom. The largest absolute Gasteiger partial charge is 0.466 e. The van der Waals surface area contributed by atoms with Crippen molar-refractivity contribution < 1.29 is 23.0 Å². The zero-order valence-electron chi connectivity index (χ0n) is 14.4. The number of thiocarbonyl (C=S) groups is 1. The molecule has 1 aliphatic heterocycles. The van der Waals surface area contributed by atoms with Gasteiger partial charge in [0.25, 0.3) is 0 Å². The number of methoxy groups -OCH3 is 2. The van der Waals surface area contributed by atoms with Crippen LogP contribution in [0.1, 0.15) is 25.5 Å². The SMILES string of the molecule is COC[C@@H](C)N1C(=S)N[C@@H](c2c(F)cccc2F)C(C(=O)OC)=C1C. The summed E-state index contributed by atoms with van der Waals surface area (Å²) in [7, 11) is 2.77. The van der Waals surface area contributed by atoms with Gasteiger partial charge in [0.1, 0.15) is 11.6 Å². The number of carbonyl (C=O) groups is 1. The second kappa shape index (κ2) is 7.88. The minimum atomic E-state index is -1.08. The quantitative estimate of drug-likeness (QED) is 0.635. The van der Waals surface area contributed by atoms with Crippen molar-refractivity contribution in [1.82, 2.24) is 10.2 Å². The van der Waals surface area contributed by atoms with Crippen LogP contribution in [0, 0.1) is 11.6 Å². The van der Waals surface area contributed by atoms with Crippen molar-refractivity contribution in [2.24, 2.45) is 0 Å². The van der Waals surface area contributed by atoms with Crippen LogP contribution in [0.15, 0.2) is 29.5 Å². The van der Waals surface area contributed by atoms with Crippen molar-refractivity contribution in [3.63, 3.8) is 0 Å². The van der Waals surface area contributed by atoms with Gasteiger partial charge in [-0.3, -0.25) is 0 Å². The number of nitrogens with one attached hydrogen (secondary N) is 1. The molecule has 0 saturated carbocycles. The summed E-state index contributed by atoms with van der Waals surface area (Å²) in [5, 5.41) is 3.11. The number of nitrogens with zero attached hydrogens (tertiary/aromatic N) is 1. The molecule has 1 aromatic rings. The van der Waals surface area contributed by atoms with Crippen molar-refractivity contribution in [2.45, 2.75) is 25.9 Å². The van der Waals surface area contributed by atoms with Gasteiger partial charge in [-0.2, -0.15) is 0 Å². The Kier molecular flexibility index (Phi) is 6.07. The molecule has 0 aromatic heterocycles. The third-order valence-corrected chi connectivity index (χ3v) is 4.38. The molecule has 8 heteroatoms. The summed E-state index contributed by atoms with van der Waals surface area (Å²) in [6.07, 6.45) is 0. The summed E-state index contributed by atoms with van der Waals surface area (Å²) in [4.78, 5) is 14.0. The molecular weight excluding hydrogens is 350 g/mol. The number of ether oxygens (including phenoxy) is 2. The molecule has 0 radical (unpaired) electrons. The van der Waals surface area contributed by atoms with Gasteiger partial charge in [-0.25, -0.2) is 13.6 Å². The first-order valence-corrected chi connectivity index (χ1v) is 8.05. The number of benzene rings is 1. The Bertz CT molecular complexity index is 704. The summed E-state index contributed by atoms with van der Waals surface area (Å²) < 4.78 is 38.5. The van der Waals surface area contributed by atoms with Crippen LogP contribution in [0.25, 0.3) is 0 Å². The monoisotopic (exact) mass is 370 g/mol. The molecule has 2 atom stereocenters. The molecule has 0 spiro atoms. The van der Waals surface area contributed by atoms with Gasteiger partial charge in [-0.15, -0.1) is 0 Å². The highest BCUT2D eigenvalue weighted by Gasteiger charge is 2.38. The lowest BCUT2D eigenvalue weighted by molar-refractivity contribution is -0.136. The average molecular weight is 370 g/mol. The van der Waals surface area contributed by atoms with E-state index >= 15 is 0 Å². The number of hydrogen-bond donors (Lipinski definition) is 1. The van der Waals surface area contributed by atoms with E-state index in [1.807, 2.05) is 6.92 Å². The topological polar surface area (TPSA) is 50.8 Å². The van der Waals surface area contributed by atoms with E-state index in [-0.39, 0.29) is 22.3 Å². The fourth-order valence-electron chi connectivity index (χ4n) is 2.98. The highest BCUT2D eigenvalue weighted by molar-refractivity contribution is 7.80. The maximum Gasteiger partial charge on any atom is 0.337 e. The van der Waals surface area contributed by atoms with Crippen LogP contribution in [-0.4, -0.2) is 42.8 Å². The van der Waals surface area contributed by atoms with Crippen LogP contribution in [-0.2, 0) is 14.3 Å². The highest BCUT2D eigenvalue weighted by atomic mass is 32.1. The van der Waals surface area contributed by atoms with Crippen LogP contribution >= 0.6 is 12.2 Å². The second-order valence-corrected chi connectivity index (χ2v) is 6.07. The number of allylic oxidation sites excluding steroid dienone is 1. The smallest absolute Gasteiger partial charge is 0.337 e. The Hall–Kier alpha value is -2.06. The second-order valence-electron chi connectivity index (χ2n) is 5.68. The normalized spacial score (nSPS) is 18.9. The molecular formula is C17H20F2N2O3S. The van der Waals surface area contributed by atoms with Gasteiger partial charge in [0, 0.05) is 12.8 Å². The van der Waals surface area contributed by atoms with Gasteiger partial charge >= 0.3 is 5.97 Å². The zero-order valence-corrected chi connectivity index (χ0v) is 15.2. The molecule has 1 aromatic carbocycles. The summed E-state index contributed by atoms with van der Waals surface area (Å²) >= 11 is 5.36. The molecule has 136 valence electrons. The average Bonchev–Trinajstić information content (AvgIpc) is 2.54. The molecule has 25 heavy (non-hydrogen) atoms. The van der Waals surface area contributed by atoms with Crippen molar-refractivity contribution in [2.75, 3.05) is 20.8 Å². The van der Waals surface area contributed by atoms with E-state index in [9.17, 15) is 13.6 Å². The number of halogens is 2. The predicted molar refractivity (Wildman–Crippen MR) is 92.7 cm³/mol. The molecule has 1 aliphatic rings. The number of rotatable bonds is 5. The summed E-state index contributed by atoms with van der Waals surface area (Å²) in [5.74, 6) is -2.23. The molecule has 0 fully saturated rings. The Morgan fingerprint density at radius 1 is 1.36 bits per heavy atom. The van der Waals surface area contributed by atoms with Crippen LogP contribution in [0.4, 0.5) is 8.78 Å². The minimum absolute atomic E-state index is 0.100. The summed E-state index contributed by atoms with van der Waals surface area (Å²) in [5.41, 5.74) is 0.291. The maximum atomic E-state index is 14.3. The van der Waals surface area contributed by atoms with Crippen LogP contribution in [0.3, 0.4) is 0 Å². The standard InChI is InChI=1S/C17H20F2N2O3S/c1-9(8-23-3)21-10(2)13(16(22)24-4)15(20-17(21)25)14-11(18)6-5-7-12(14)19/h5-7,9,15H,8H2,1-4H3,(H,20,25)/t9-,15-/m1/s1. The molecule has 0 unspecified atom stereocenters. The van der Waals surface area contributed by atoms with Gasteiger partial charge in [0.05, 0.1) is 36.9 Å². The molecule has 5 nitrogen and oxygen atoms in total. The van der Waals surface area contributed by atoms with E-state index in [0.29, 0.717) is 12.3 Å². The first-order valence-electron chi connectivity index (χ1n) is 7.65. The third-order valence-electron chi connectivity index (χ3n) is 4.07. The molecule has 0 saturated heterocycles.